The van der Waals surface area contributed by atoms with Crippen molar-refractivity contribution < 1.29 is 22.0 Å². The van der Waals surface area contributed by atoms with Crippen LogP contribution in [-0.4, -0.2) is 15.0 Å². The van der Waals surface area contributed by atoms with Gasteiger partial charge in [-0.3, -0.25) is 10.3 Å². The fraction of sp³-hybridized carbons (Fsp3) is 0.0714. The van der Waals surface area contributed by atoms with Crippen LogP contribution in [0.3, 0.4) is 0 Å². The summed E-state index contributed by atoms with van der Waals surface area (Å²) < 4.78 is 48.8. The third-order valence-corrected chi connectivity index (χ3v) is 3.12. The highest BCUT2D eigenvalue weighted by atomic mass is 19.4. The Balaban J connectivity index is 1.68. The molecule has 0 radical (unpaired) electrons. The first-order chi connectivity index (χ1) is 11.0. The van der Waals surface area contributed by atoms with Crippen molar-refractivity contribution in [3.05, 3.63) is 42.2 Å². The predicted molar refractivity (Wildman–Crippen MR) is 74.1 cm³/mol. The van der Waals surface area contributed by atoms with Crippen LogP contribution in [0.1, 0.15) is 5.56 Å². The molecule has 0 spiro atoms. The van der Waals surface area contributed by atoms with E-state index in [1.807, 2.05) is 0 Å². The molecule has 0 aliphatic rings. The highest BCUT2D eigenvalue weighted by Gasteiger charge is 2.31. The summed E-state index contributed by atoms with van der Waals surface area (Å²) >= 11 is 0. The Morgan fingerprint density at radius 2 is 1.61 bits per heavy atom. The van der Waals surface area contributed by atoms with Gasteiger partial charge in [-0.1, -0.05) is 0 Å². The molecule has 0 aliphatic carbocycles. The summed E-state index contributed by atoms with van der Waals surface area (Å²) in [6.07, 6.45) is -1.37. The number of benzene rings is 1. The van der Waals surface area contributed by atoms with Gasteiger partial charge in [-0.2, -0.15) is 23.1 Å². The number of nitrogens with zero attached hydrogens (tertiary/aromatic N) is 3. The Kier molecular flexibility index (Phi) is 2.77. The molecule has 0 saturated carbocycles. The first-order valence-electron chi connectivity index (χ1n) is 6.44. The molecule has 0 amide bonds. The van der Waals surface area contributed by atoms with Crippen LogP contribution in [0.5, 0.6) is 0 Å². The number of fused-ring (bicyclic) bond motifs is 2. The van der Waals surface area contributed by atoms with Crippen molar-refractivity contribution in [2.45, 2.75) is 6.18 Å². The van der Waals surface area contributed by atoms with E-state index in [9.17, 15) is 13.2 Å². The number of pyridine rings is 1. The molecule has 6 nitrogen and oxygen atoms in total. The van der Waals surface area contributed by atoms with Gasteiger partial charge in [-0.05, 0) is 18.2 Å². The lowest BCUT2D eigenvalue weighted by atomic mass is 10.2. The maximum Gasteiger partial charge on any atom is 0.416 e. The SMILES string of the molecule is FC(F)(F)c1ccc2oc(Nc3nc4cnccc4o3)nc2c1. The summed E-state index contributed by atoms with van der Waals surface area (Å²) in [5, 5.41) is 2.68. The topological polar surface area (TPSA) is 77.0 Å². The van der Waals surface area contributed by atoms with E-state index in [4.69, 9.17) is 8.83 Å². The van der Waals surface area contributed by atoms with Crippen LogP contribution >= 0.6 is 0 Å². The summed E-state index contributed by atoms with van der Waals surface area (Å²) in [5.74, 6) is 0. The van der Waals surface area contributed by atoms with Gasteiger partial charge in [0.2, 0.25) is 0 Å². The molecule has 23 heavy (non-hydrogen) atoms. The Morgan fingerprint density at radius 1 is 0.913 bits per heavy atom. The molecular formula is C14H7F3N4O2. The minimum Gasteiger partial charge on any atom is -0.423 e. The molecule has 3 heterocycles. The largest absolute Gasteiger partial charge is 0.423 e. The highest BCUT2D eigenvalue weighted by Crippen LogP contribution is 2.32. The Morgan fingerprint density at radius 3 is 2.30 bits per heavy atom. The second kappa shape index (κ2) is 4.70. The summed E-state index contributed by atoms with van der Waals surface area (Å²) in [6, 6.07) is 4.79. The molecule has 0 unspecified atom stereocenters. The number of aromatic nitrogens is 3. The van der Waals surface area contributed by atoms with Gasteiger partial charge in [-0.25, -0.2) is 0 Å². The van der Waals surface area contributed by atoms with Crippen LogP contribution in [0.25, 0.3) is 22.2 Å². The van der Waals surface area contributed by atoms with E-state index in [-0.39, 0.29) is 23.1 Å². The zero-order valence-electron chi connectivity index (χ0n) is 11.3. The van der Waals surface area contributed by atoms with E-state index in [1.54, 1.807) is 12.3 Å². The van der Waals surface area contributed by atoms with Gasteiger partial charge in [0.05, 0.1) is 11.8 Å². The Bertz CT molecular complexity index is 973. The number of halogens is 3. The van der Waals surface area contributed by atoms with Gasteiger partial charge < -0.3 is 8.83 Å². The van der Waals surface area contributed by atoms with Crippen molar-refractivity contribution in [1.82, 2.24) is 15.0 Å². The van der Waals surface area contributed by atoms with Gasteiger partial charge in [0.25, 0.3) is 0 Å². The molecule has 0 fully saturated rings. The lowest BCUT2D eigenvalue weighted by Gasteiger charge is -2.04. The van der Waals surface area contributed by atoms with Crippen molar-refractivity contribution in [3.63, 3.8) is 0 Å². The second-order valence-electron chi connectivity index (χ2n) is 4.69. The first kappa shape index (κ1) is 13.6. The van der Waals surface area contributed by atoms with Crippen LogP contribution in [0.4, 0.5) is 25.2 Å². The first-order valence-corrected chi connectivity index (χ1v) is 6.44. The van der Waals surface area contributed by atoms with E-state index in [0.29, 0.717) is 11.1 Å². The smallest absolute Gasteiger partial charge is 0.416 e. The normalized spacial score (nSPS) is 12.1. The van der Waals surface area contributed by atoms with Crippen molar-refractivity contribution in [1.29, 1.82) is 0 Å². The molecule has 1 N–H and O–H groups in total. The molecule has 4 rings (SSSR count). The highest BCUT2D eigenvalue weighted by molar-refractivity contribution is 5.77. The van der Waals surface area contributed by atoms with Crippen molar-refractivity contribution in [2.75, 3.05) is 5.32 Å². The average molecular weight is 320 g/mol. The van der Waals surface area contributed by atoms with Crippen molar-refractivity contribution in [2.24, 2.45) is 0 Å². The molecule has 0 atom stereocenters. The van der Waals surface area contributed by atoms with Gasteiger partial charge in [0, 0.05) is 12.3 Å². The monoisotopic (exact) mass is 320 g/mol. The third-order valence-electron chi connectivity index (χ3n) is 3.12. The van der Waals surface area contributed by atoms with Crippen molar-refractivity contribution in [3.8, 4) is 0 Å². The summed E-state index contributed by atoms with van der Waals surface area (Å²) in [5.41, 5.74) is 0.555. The Hall–Kier alpha value is -3.10. The molecule has 0 aliphatic heterocycles. The lowest BCUT2D eigenvalue weighted by molar-refractivity contribution is -0.137. The summed E-state index contributed by atoms with van der Waals surface area (Å²) in [4.78, 5) is 12.0. The predicted octanol–water partition coefficient (Wildman–Crippen LogP) is 4.13. The average Bonchev–Trinajstić information content (AvgIpc) is 3.07. The number of anilines is 2. The Labute approximate surface area is 126 Å². The fourth-order valence-corrected chi connectivity index (χ4v) is 2.08. The van der Waals surface area contributed by atoms with Crippen LogP contribution in [0, 0.1) is 0 Å². The maximum atomic E-state index is 12.7. The molecule has 1 aromatic carbocycles. The number of oxazole rings is 2. The van der Waals surface area contributed by atoms with E-state index in [1.165, 1.54) is 12.3 Å². The fourth-order valence-electron chi connectivity index (χ4n) is 2.08. The maximum absolute atomic E-state index is 12.7. The zero-order chi connectivity index (χ0) is 16.0. The number of hydrogen-bond donors (Lipinski definition) is 1. The number of hydrogen-bond acceptors (Lipinski definition) is 6. The number of rotatable bonds is 2. The van der Waals surface area contributed by atoms with Crippen LogP contribution in [0.15, 0.2) is 45.5 Å². The molecule has 0 bridgehead atoms. The van der Waals surface area contributed by atoms with Crippen LogP contribution in [0.2, 0.25) is 0 Å². The number of nitrogens with one attached hydrogen (secondary N) is 1. The van der Waals surface area contributed by atoms with E-state index in [2.05, 4.69) is 20.3 Å². The lowest BCUT2D eigenvalue weighted by Crippen LogP contribution is -2.03. The van der Waals surface area contributed by atoms with Gasteiger partial charge >= 0.3 is 18.2 Å². The van der Waals surface area contributed by atoms with Crippen molar-refractivity contribution >= 4 is 34.2 Å². The molecule has 116 valence electrons. The standard InChI is InChI=1S/C14H7F3N4O2/c15-14(16,17)7-1-2-10-8(5-7)19-12(22-10)21-13-20-9-6-18-4-3-11(9)23-13/h1-6H,(H,19,20,21). The molecular weight excluding hydrogens is 313 g/mol. The minimum atomic E-state index is -4.44. The van der Waals surface area contributed by atoms with Gasteiger partial charge in [0.15, 0.2) is 11.2 Å². The summed E-state index contributed by atoms with van der Waals surface area (Å²) in [6.45, 7) is 0. The van der Waals surface area contributed by atoms with E-state index >= 15 is 0 Å². The molecule has 4 aromatic rings. The second-order valence-corrected chi connectivity index (χ2v) is 4.69. The molecule has 0 saturated heterocycles. The summed E-state index contributed by atoms with van der Waals surface area (Å²) in [7, 11) is 0. The molecule has 9 heteroatoms. The van der Waals surface area contributed by atoms with Gasteiger partial charge in [0.1, 0.15) is 11.0 Å². The van der Waals surface area contributed by atoms with Gasteiger partial charge in [-0.15, -0.1) is 0 Å². The number of alkyl halides is 3. The van der Waals surface area contributed by atoms with Crippen LogP contribution in [-0.2, 0) is 6.18 Å². The third kappa shape index (κ3) is 2.45. The zero-order valence-corrected chi connectivity index (χ0v) is 11.3. The van der Waals surface area contributed by atoms with E-state index < -0.39 is 11.7 Å². The quantitative estimate of drug-likeness (QED) is 0.598. The molecule has 3 aromatic heterocycles. The van der Waals surface area contributed by atoms with Crippen LogP contribution < -0.4 is 5.32 Å². The minimum absolute atomic E-state index is 0.0150. The van der Waals surface area contributed by atoms with E-state index in [0.717, 1.165) is 12.1 Å².